The molecule has 5 nitrogen and oxygen atoms in total. The molecule has 2 N–H and O–H groups in total. The number of piperidine rings is 1. The molecule has 0 aliphatic carbocycles. The van der Waals surface area contributed by atoms with Gasteiger partial charge in [-0.25, -0.2) is 0 Å². The van der Waals surface area contributed by atoms with Gasteiger partial charge in [-0.3, -0.25) is 14.6 Å². The maximum Gasteiger partial charge on any atom is 0.254 e. The molecule has 29 heavy (non-hydrogen) atoms. The number of aromatic nitrogens is 1. The van der Waals surface area contributed by atoms with E-state index in [9.17, 15) is 9.59 Å². The number of pyridine rings is 1. The van der Waals surface area contributed by atoms with E-state index in [1.54, 1.807) is 41.4 Å². The number of ketones is 1. The van der Waals surface area contributed by atoms with Crippen LogP contribution in [0.5, 0.6) is 0 Å². The molecule has 1 fully saturated rings. The normalized spacial score (nSPS) is 18.1. The number of hydrogen-bond acceptors (Lipinski definition) is 4. The maximum atomic E-state index is 13.2. The Morgan fingerprint density at radius 2 is 1.72 bits per heavy atom. The summed E-state index contributed by atoms with van der Waals surface area (Å²) < 4.78 is 0. The third-order valence-electron chi connectivity index (χ3n) is 5.05. The second-order valence-corrected chi connectivity index (χ2v) is 7.06. The predicted molar refractivity (Wildman–Crippen MR) is 113 cm³/mol. The summed E-state index contributed by atoms with van der Waals surface area (Å²) in [4.78, 5) is 32.4. The topological polar surface area (TPSA) is 76.3 Å². The Morgan fingerprint density at radius 1 is 1.00 bits per heavy atom. The summed E-state index contributed by atoms with van der Waals surface area (Å²) in [6.07, 6.45) is 3.46. The Labute approximate surface area is 169 Å². The largest absolute Gasteiger partial charge is 0.399 e. The second kappa shape index (κ2) is 8.10. The Hall–Kier alpha value is -3.73. The second-order valence-electron chi connectivity index (χ2n) is 7.06. The molecule has 0 spiro atoms. The molecule has 0 saturated carbocycles. The van der Waals surface area contributed by atoms with Gasteiger partial charge in [0.2, 0.25) is 0 Å². The summed E-state index contributed by atoms with van der Waals surface area (Å²) in [5.41, 5.74) is 9.08. The molecule has 0 bridgehead atoms. The van der Waals surface area contributed by atoms with Crippen LogP contribution in [-0.4, -0.2) is 34.7 Å². The molecule has 1 aliphatic rings. The first-order valence-electron chi connectivity index (χ1n) is 9.47. The van der Waals surface area contributed by atoms with Gasteiger partial charge in [-0.15, -0.1) is 0 Å². The molecular formula is C24H21N3O2. The number of nitrogens with two attached hydrogens (primary N) is 1. The summed E-state index contributed by atoms with van der Waals surface area (Å²) in [5, 5.41) is 0. The minimum Gasteiger partial charge on any atom is -0.399 e. The van der Waals surface area contributed by atoms with E-state index in [-0.39, 0.29) is 18.2 Å². The summed E-state index contributed by atoms with van der Waals surface area (Å²) >= 11 is 0. The highest BCUT2D eigenvalue weighted by Crippen LogP contribution is 2.29. The van der Waals surface area contributed by atoms with Crippen molar-refractivity contribution >= 4 is 23.5 Å². The lowest BCUT2D eigenvalue weighted by atomic mass is 9.85. The molecule has 1 aromatic heterocycles. The average Bonchev–Trinajstić information content (AvgIpc) is 2.76. The van der Waals surface area contributed by atoms with Crippen LogP contribution in [0.2, 0.25) is 0 Å². The fourth-order valence-electron chi connectivity index (χ4n) is 3.54. The van der Waals surface area contributed by atoms with Crippen LogP contribution in [0.4, 0.5) is 5.69 Å². The number of hydrogen-bond donors (Lipinski definition) is 1. The zero-order valence-electron chi connectivity index (χ0n) is 15.9. The van der Waals surface area contributed by atoms with Gasteiger partial charge >= 0.3 is 0 Å². The van der Waals surface area contributed by atoms with E-state index in [0.717, 1.165) is 5.56 Å². The Morgan fingerprint density at radius 3 is 2.41 bits per heavy atom. The molecular weight excluding hydrogens is 362 g/mol. The minimum atomic E-state index is -0.405. The van der Waals surface area contributed by atoms with E-state index in [1.165, 1.54) is 0 Å². The van der Waals surface area contributed by atoms with Crippen molar-refractivity contribution in [3.63, 3.8) is 0 Å². The van der Waals surface area contributed by atoms with E-state index >= 15 is 0 Å². The number of carbonyl (C=O) groups excluding carboxylic acids is 2. The first kappa shape index (κ1) is 18.6. The molecule has 1 saturated heterocycles. The van der Waals surface area contributed by atoms with Crippen LogP contribution in [0, 0.1) is 0 Å². The van der Waals surface area contributed by atoms with E-state index in [4.69, 9.17) is 5.73 Å². The Balaban J connectivity index is 1.70. The van der Waals surface area contributed by atoms with Crippen molar-refractivity contribution in [1.82, 2.24) is 9.88 Å². The number of nitrogens with zero attached hydrogens (tertiary/aromatic N) is 2. The van der Waals surface area contributed by atoms with Crippen molar-refractivity contribution in [2.24, 2.45) is 0 Å². The monoisotopic (exact) mass is 383 g/mol. The standard InChI is InChI=1S/C24H21N3O2/c25-20-11-9-18(10-12-20)24(29)27-15-19(14-21-8-4-5-13-26-21)23(28)22(16-27)17-6-2-1-3-7-17/h1-14,22H,15-16,25H2. The number of nitrogen functional groups attached to an aromatic ring is 1. The van der Waals surface area contributed by atoms with Gasteiger partial charge in [-0.1, -0.05) is 36.4 Å². The SMILES string of the molecule is Nc1ccc(C(=O)N2CC(=Cc3ccccn3)C(=O)C(c3ccccc3)C2)cc1. The first-order valence-corrected chi connectivity index (χ1v) is 9.47. The lowest BCUT2D eigenvalue weighted by Gasteiger charge is -2.34. The van der Waals surface area contributed by atoms with Gasteiger partial charge in [-0.05, 0) is 48.0 Å². The molecule has 1 atom stereocenters. The van der Waals surface area contributed by atoms with Crippen LogP contribution in [-0.2, 0) is 4.79 Å². The van der Waals surface area contributed by atoms with E-state index in [1.807, 2.05) is 48.5 Å². The first-order chi connectivity index (χ1) is 14.1. The number of benzene rings is 2. The highest BCUT2D eigenvalue weighted by molar-refractivity contribution is 6.07. The highest BCUT2D eigenvalue weighted by Gasteiger charge is 2.34. The summed E-state index contributed by atoms with van der Waals surface area (Å²) in [6.45, 7) is 0.591. The fourth-order valence-corrected chi connectivity index (χ4v) is 3.54. The van der Waals surface area contributed by atoms with Gasteiger partial charge in [-0.2, -0.15) is 0 Å². The van der Waals surface area contributed by atoms with Crippen molar-refractivity contribution in [2.45, 2.75) is 5.92 Å². The smallest absolute Gasteiger partial charge is 0.254 e. The van der Waals surface area contributed by atoms with Crippen molar-refractivity contribution in [3.05, 3.63) is 101 Å². The van der Waals surface area contributed by atoms with Crippen molar-refractivity contribution in [3.8, 4) is 0 Å². The summed E-state index contributed by atoms with van der Waals surface area (Å²) in [6, 6.07) is 22.0. The van der Waals surface area contributed by atoms with Gasteiger partial charge in [0.05, 0.1) is 11.6 Å². The van der Waals surface area contributed by atoms with Gasteiger partial charge in [0.25, 0.3) is 5.91 Å². The minimum absolute atomic E-state index is 0.0307. The van der Waals surface area contributed by atoms with Crippen LogP contribution >= 0.6 is 0 Å². The van der Waals surface area contributed by atoms with Crippen LogP contribution in [0.3, 0.4) is 0 Å². The molecule has 2 aromatic carbocycles. The molecule has 144 valence electrons. The molecule has 5 heteroatoms. The van der Waals surface area contributed by atoms with Gasteiger partial charge in [0.15, 0.2) is 5.78 Å². The van der Waals surface area contributed by atoms with Gasteiger partial charge < -0.3 is 10.6 Å². The maximum absolute atomic E-state index is 13.2. The van der Waals surface area contributed by atoms with E-state index in [2.05, 4.69) is 4.98 Å². The number of likely N-dealkylation sites (tertiary alicyclic amines) is 1. The Kier molecular flexibility index (Phi) is 5.20. The quantitative estimate of drug-likeness (QED) is 0.554. The average molecular weight is 383 g/mol. The zero-order chi connectivity index (χ0) is 20.2. The number of anilines is 1. The van der Waals surface area contributed by atoms with Crippen LogP contribution in [0.1, 0.15) is 27.5 Å². The fraction of sp³-hybridized carbons (Fsp3) is 0.125. The molecule has 0 radical (unpaired) electrons. The summed E-state index contributed by atoms with van der Waals surface area (Å²) in [5.74, 6) is -0.494. The van der Waals surface area contributed by atoms with E-state index < -0.39 is 5.92 Å². The third-order valence-corrected chi connectivity index (χ3v) is 5.05. The van der Waals surface area contributed by atoms with Crippen molar-refractivity contribution in [1.29, 1.82) is 0 Å². The lowest BCUT2D eigenvalue weighted by Crippen LogP contribution is -2.44. The molecule has 2 heterocycles. The number of Topliss-reactive ketones (excluding diaryl/α,β-unsaturated/α-hetero) is 1. The molecule has 1 aliphatic heterocycles. The predicted octanol–water partition coefficient (Wildman–Crippen LogP) is 3.56. The van der Waals surface area contributed by atoms with Gasteiger partial charge in [0.1, 0.15) is 0 Å². The Bertz CT molecular complexity index is 1040. The molecule has 1 unspecified atom stereocenters. The molecule has 1 amide bonds. The number of amides is 1. The lowest BCUT2D eigenvalue weighted by molar-refractivity contribution is -0.118. The number of carbonyl (C=O) groups is 2. The molecule has 4 rings (SSSR count). The van der Waals surface area contributed by atoms with Gasteiger partial charge in [0, 0.05) is 36.1 Å². The highest BCUT2D eigenvalue weighted by atomic mass is 16.2. The van der Waals surface area contributed by atoms with Crippen molar-refractivity contribution in [2.75, 3.05) is 18.8 Å². The summed E-state index contributed by atoms with van der Waals surface area (Å²) in [7, 11) is 0. The number of rotatable bonds is 3. The van der Waals surface area contributed by atoms with E-state index in [0.29, 0.717) is 29.1 Å². The molecule has 3 aromatic rings. The third kappa shape index (κ3) is 4.09. The van der Waals surface area contributed by atoms with Crippen LogP contribution < -0.4 is 5.73 Å². The van der Waals surface area contributed by atoms with Crippen molar-refractivity contribution < 1.29 is 9.59 Å². The zero-order valence-corrected chi connectivity index (χ0v) is 15.9. The van der Waals surface area contributed by atoms with Crippen LogP contribution in [0.15, 0.2) is 84.6 Å². The van der Waals surface area contributed by atoms with Crippen LogP contribution in [0.25, 0.3) is 6.08 Å².